The highest BCUT2D eigenvalue weighted by molar-refractivity contribution is 9.10. The van der Waals surface area contributed by atoms with Gasteiger partial charge in [0.2, 0.25) is 0 Å². The first-order valence-corrected chi connectivity index (χ1v) is 7.32. The van der Waals surface area contributed by atoms with E-state index in [1.807, 2.05) is 25.1 Å². The molecule has 0 heterocycles. The molecule has 1 unspecified atom stereocenters. The van der Waals surface area contributed by atoms with E-state index in [2.05, 4.69) is 21.2 Å². The van der Waals surface area contributed by atoms with Crippen LogP contribution in [0.2, 0.25) is 0 Å². The van der Waals surface area contributed by atoms with Crippen LogP contribution in [0.4, 0.5) is 13.2 Å². The van der Waals surface area contributed by atoms with Gasteiger partial charge < -0.3 is 10.1 Å². The molecule has 1 aromatic carbocycles. The third-order valence-electron chi connectivity index (χ3n) is 2.66. The van der Waals surface area contributed by atoms with Crippen molar-refractivity contribution < 1.29 is 17.9 Å². The van der Waals surface area contributed by atoms with Crippen molar-refractivity contribution in [1.82, 2.24) is 5.32 Å². The largest absolute Gasteiger partial charge is 0.493 e. The van der Waals surface area contributed by atoms with Crippen LogP contribution in [0.15, 0.2) is 22.7 Å². The van der Waals surface area contributed by atoms with E-state index in [-0.39, 0.29) is 0 Å². The summed E-state index contributed by atoms with van der Waals surface area (Å²) in [5, 5.41) is 2.88. The summed E-state index contributed by atoms with van der Waals surface area (Å²) in [5.74, 6) is 0.710. The molecule has 0 amide bonds. The van der Waals surface area contributed by atoms with Gasteiger partial charge in [0.15, 0.2) is 0 Å². The molecule has 6 heteroatoms. The van der Waals surface area contributed by atoms with Crippen LogP contribution < -0.4 is 10.1 Å². The van der Waals surface area contributed by atoms with Crippen LogP contribution in [0.25, 0.3) is 0 Å². The Bertz CT molecular complexity index is 423. The van der Waals surface area contributed by atoms with Gasteiger partial charge in [-0.1, -0.05) is 22.9 Å². The highest BCUT2D eigenvalue weighted by Crippen LogP contribution is 2.25. The molecule has 0 aliphatic heterocycles. The Morgan fingerprint density at radius 1 is 1.35 bits per heavy atom. The van der Waals surface area contributed by atoms with E-state index in [0.29, 0.717) is 18.9 Å². The van der Waals surface area contributed by atoms with Crippen molar-refractivity contribution in [3.63, 3.8) is 0 Å². The van der Waals surface area contributed by atoms with Crippen LogP contribution >= 0.6 is 15.9 Å². The van der Waals surface area contributed by atoms with Crippen molar-refractivity contribution >= 4 is 15.9 Å². The molecule has 0 saturated carbocycles. The molecule has 0 aromatic heterocycles. The van der Waals surface area contributed by atoms with Gasteiger partial charge >= 0.3 is 6.18 Å². The monoisotopic (exact) mass is 353 g/mol. The minimum Gasteiger partial charge on any atom is -0.493 e. The Balaban J connectivity index is 2.63. The number of halogens is 4. The van der Waals surface area contributed by atoms with Crippen LogP contribution in [-0.4, -0.2) is 18.8 Å². The maximum Gasteiger partial charge on any atom is 0.390 e. The number of hydrogen-bond donors (Lipinski definition) is 1. The van der Waals surface area contributed by atoms with Gasteiger partial charge in [0.25, 0.3) is 0 Å². The Morgan fingerprint density at radius 3 is 2.65 bits per heavy atom. The maximum absolute atomic E-state index is 12.3. The Kier molecular flexibility index (Phi) is 6.82. The highest BCUT2D eigenvalue weighted by Gasteiger charge is 2.29. The third kappa shape index (κ3) is 6.61. The molecular weight excluding hydrogens is 335 g/mol. The summed E-state index contributed by atoms with van der Waals surface area (Å²) in [6.45, 7) is 4.46. The molecule has 1 atom stereocenters. The number of hydrogen-bond acceptors (Lipinski definition) is 2. The van der Waals surface area contributed by atoms with Gasteiger partial charge in [-0.15, -0.1) is 0 Å². The molecular formula is C14H19BrF3NO. The fourth-order valence-corrected chi connectivity index (χ4v) is 2.15. The zero-order chi connectivity index (χ0) is 15.2. The van der Waals surface area contributed by atoms with E-state index in [4.69, 9.17) is 4.74 Å². The topological polar surface area (TPSA) is 21.3 Å². The van der Waals surface area contributed by atoms with Crippen molar-refractivity contribution in [3.8, 4) is 5.75 Å². The normalized spacial score (nSPS) is 13.3. The number of nitrogens with one attached hydrogen (secondary N) is 1. The standard InChI is InChI=1S/C14H19BrF3NO/c1-3-6-20-13-5-4-12(15)7-11(13)9-19-10(2)8-14(16,17)18/h4-5,7,10,19H,3,6,8-9H2,1-2H3. The van der Waals surface area contributed by atoms with E-state index >= 15 is 0 Å². The van der Waals surface area contributed by atoms with E-state index in [1.54, 1.807) is 0 Å². The second-order valence-electron chi connectivity index (χ2n) is 4.70. The zero-order valence-corrected chi connectivity index (χ0v) is 13.1. The molecule has 2 nitrogen and oxygen atoms in total. The molecule has 1 aromatic rings. The number of alkyl halides is 3. The van der Waals surface area contributed by atoms with Crippen LogP contribution in [0.1, 0.15) is 32.3 Å². The number of benzene rings is 1. The van der Waals surface area contributed by atoms with Gasteiger partial charge in [0.05, 0.1) is 13.0 Å². The van der Waals surface area contributed by atoms with Gasteiger partial charge in [-0.05, 0) is 31.5 Å². The smallest absolute Gasteiger partial charge is 0.390 e. The Morgan fingerprint density at radius 2 is 2.05 bits per heavy atom. The minimum atomic E-state index is -4.15. The number of ether oxygens (including phenoxy) is 1. The van der Waals surface area contributed by atoms with Crippen molar-refractivity contribution in [2.45, 2.75) is 45.5 Å². The summed E-state index contributed by atoms with van der Waals surface area (Å²) in [6.07, 6.45) is -4.11. The first-order valence-electron chi connectivity index (χ1n) is 6.53. The average Bonchev–Trinajstić information content (AvgIpc) is 2.33. The van der Waals surface area contributed by atoms with Crippen molar-refractivity contribution in [3.05, 3.63) is 28.2 Å². The van der Waals surface area contributed by atoms with Gasteiger partial charge in [0.1, 0.15) is 5.75 Å². The van der Waals surface area contributed by atoms with Gasteiger partial charge in [-0.3, -0.25) is 0 Å². The summed E-state index contributed by atoms with van der Waals surface area (Å²) in [4.78, 5) is 0. The first kappa shape index (κ1) is 17.3. The van der Waals surface area contributed by atoms with Crippen LogP contribution in [0.3, 0.4) is 0 Å². The summed E-state index contributed by atoms with van der Waals surface area (Å²) < 4.78 is 43.3. The van der Waals surface area contributed by atoms with Crippen molar-refractivity contribution in [1.29, 1.82) is 0 Å². The predicted octanol–water partition coefficient (Wildman–Crippen LogP) is 4.67. The fraction of sp³-hybridized carbons (Fsp3) is 0.571. The Labute approximate surface area is 125 Å². The van der Waals surface area contributed by atoms with Crippen LogP contribution in [0.5, 0.6) is 5.75 Å². The lowest BCUT2D eigenvalue weighted by atomic mass is 10.1. The molecule has 0 bridgehead atoms. The number of rotatable bonds is 7. The lowest BCUT2D eigenvalue weighted by Gasteiger charge is -2.17. The second kappa shape index (κ2) is 7.88. The lowest BCUT2D eigenvalue weighted by molar-refractivity contribution is -0.139. The molecule has 0 aliphatic carbocycles. The van der Waals surface area contributed by atoms with Gasteiger partial charge in [-0.25, -0.2) is 0 Å². The van der Waals surface area contributed by atoms with Crippen LogP contribution in [-0.2, 0) is 6.54 Å². The molecule has 20 heavy (non-hydrogen) atoms. The van der Waals surface area contributed by atoms with Crippen molar-refractivity contribution in [2.24, 2.45) is 0 Å². The molecule has 0 spiro atoms. The third-order valence-corrected chi connectivity index (χ3v) is 3.16. The fourth-order valence-electron chi connectivity index (χ4n) is 1.74. The van der Waals surface area contributed by atoms with E-state index < -0.39 is 18.6 Å². The molecule has 114 valence electrons. The lowest BCUT2D eigenvalue weighted by Crippen LogP contribution is -2.30. The van der Waals surface area contributed by atoms with Crippen LogP contribution in [0, 0.1) is 0 Å². The SMILES string of the molecule is CCCOc1ccc(Br)cc1CNC(C)CC(F)(F)F. The van der Waals surface area contributed by atoms with Gasteiger partial charge in [-0.2, -0.15) is 13.2 Å². The summed E-state index contributed by atoms with van der Waals surface area (Å²) >= 11 is 3.36. The minimum absolute atomic E-state index is 0.343. The Hall–Kier alpha value is -0.750. The maximum atomic E-state index is 12.3. The zero-order valence-electron chi connectivity index (χ0n) is 11.6. The molecule has 1 rings (SSSR count). The van der Waals surface area contributed by atoms with E-state index in [0.717, 1.165) is 16.5 Å². The molecule has 0 aliphatic rings. The summed E-state index contributed by atoms with van der Waals surface area (Å²) in [6, 6.07) is 4.91. The summed E-state index contributed by atoms with van der Waals surface area (Å²) in [5.41, 5.74) is 0.849. The van der Waals surface area contributed by atoms with Crippen molar-refractivity contribution in [2.75, 3.05) is 6.61 Å². The second-order valence-corrected chi connectivity index (χ2v) is 5.62. The molecule has 0 radical (unpaired) electrons. The van der Waals surface area contributed by atoms with E-state index in [9.17, 15) is 13.2 Å². The molecule has 0 fully saturated rings. The highest BCUT2D eigenvalue weighted by atomic mass is 79.9. The van der Waals surface area contributed by atoms with Gasteiger partial charge in [0, 0.05) is 22.6 Å². The first-order chi connectivity index (χ1) is 9.31. The molecule has 1 N–H and O–H groups in total. The summed E-state index contributed by atoms with van der Waals surface area (Å²) in [7, 11) is 0. The van der Waals surface area contributed by atoms with E-state index in [1.165, 1.54) is 6.92 Å². The predicted molar refractivity (Wildman–Crippen MR) is 76.9 cm³/mol. The molecule has 0 saturated heterocycles. The average molecular weight is 354 g/mol. The quantitative estimate of drug-likeness (QED) is 0.769.